The molecule has 274 valence electrons. The first kappa shape index (κ1) is 35.9. The lowest BCUT2D eigenvalue weighted by Gasteiger charge is -2.50. The molecule has 2 aliphatic carbocycles. The molecule has 6 unspecified atom stereocenters. The van der Waals surface area contributed by atoms with Crippen LogP contribution in [0.25, 0.3) is 0 Å². The maximum atomic E-state index is 14.5. The van der Waals surface area contributed by atoms with Gasteiger partial charge in [0.1, 0.15) is 11.6 Å². The fraction of sp³-hybridized carbons (Fsp3) is 0.250. The Morgan fingerprint density at radius 3 is 1.98 bits per heavy atom. The average Bonchev–Trinajstić information content (AvgIpc) is 3.49. The second-order valence-corrected chi connectivity index (χ2v) is 15.7. The van der Waals surface area contributed by atoms with Gasteiger partial charge in [-0.05, 0) is 109 Å². The number of nitrogens with zero attached hydrogens (tertiary/aromatic N) is 5. The molecule has 4 aliphatic rings. The number of hydrogen-bond acceptors (Lipinski definition) is 8. The SMILES string of the molecule is CN(C)c1ccc(N=Nc2ccc(N3C(=O)C4CC=C5C(CC6(Cl)C(=O)N(c7ccc(F)cc7)C(=O)C6(Cl)C5c5ccc(O)cc5Cl)C4C3=O)cc2)cc1. The molecular weight excluding hydrogens is 756 g/mol. The van der Waals surface area contributed by atoms with E-state index in [1.807, 2.05) is 43.3 Å². The lowest BCUT2D eigenvalue weighted by molar-refractivity contribution is -0.125. The second kappa shape index (κ2) is 13.0. The normalized spacial score (nSPS) is 27.6. The highest BCUT2D eigenvalue weighted by atomic mass is 35.5. The summed E-state index contributed by atoms with van der Waals surface area (Å²) in [6, 6.07) is 23.1. The largest absolute Gasteiger partial charge is 0.508 e. The number of hydrogen-bond donors (Lipinski definition) is 1. The molecule has 54 heavy (non-hydrogen) atoms. The van der Waals surface area contributed by atoms with Gasteiger partial charge in [-0.1, -0.05) is 29.3 Å². The van der Waals surface area contributed by atoms with Crippen LogP contribution in [0.5, 0.6) is 5.75 Å². The van der Waals surface area contributed by atoms with Crippen molar-refractivity contribution in [3.05, 3.63) is 119 Å². The molecule has 14 heteroatoms. The van der Waals surface area contributed by atoms with Crippen molar-refractivity contribution in [1.29, 1.82) is 0 Å². The van der Waals surface area contributed by atoms with Crippen LogP contribution >= 0.6 is 34.8 Å². The predicted octanol–water partition coefficient (Wildman–Crippen LogP) is 8.43. The van der Waals surface area contributed by atoms with Crippen LogP contribution in [-0.2, 0) is 19.2 Å². The van der Waals surface area contributed by atoms with Crippen LogP contribution in [-0.4, -0.2) is 52.6 Å². The van der Waals surface area contributed by atoms with Gasteiger partial charge in [0.05, 0.1) is 34.6 Å². The summed E-state index contributed by atoms with van der Waals surface area (Å²) in [7, 11) is 3.89. The van der Waals surface area contributed by atoms with Crippen molar-refractivity contribution >= 4 is 86.9 Å². The third-order valence-corrected chi connectivity index (χ3v) is 12.7. The van der Waals surface area contributed by atoms with Crippen molar-refractivity contribution < 1.29 is 28.7 Å². The zero-order chi connectivity index (χ0) is 38.3. The summed E-state index contributed by atoms with van der Waals surface area (Å²) in [5.41, 5.74) is 3.43. The zero-order valence-electron chi connectivity index (χ0n) is 28.8. The highest BCUT2D eigenvalue weighted by Crippen LogP contribution is 2.66. The van der Waals surface area contributed by atoms with Gasteiger partial charge in [-0.2, -0.15) is 10.2 Å². The third kappa shape index (κ3) is 5.35. The summed E-state index contributed by atoms with van der Waals surface area (Å²) in [6.07, 6.45) is 1.69. The van der Waals surface area contributed by atoms with Gasteiger partial charge >= 0.3 is 0 Å². The minimum Gasteiger partial charge on any atom is -0.508 e. The molecule has 0 bridgehead atoms. The van der Waals surface area contributed by atoms with E-state index in [2.05, 4.69) is 10.2 Å². The van der Waals surface area contributed by atoms with Crippen molar-refractivity contribution in [3.8, 4) is 5.75 Å². The second-order valence-electron chi connectivity index (χ2n) is 14.1. The van der Waals surface area contributed by atoms with Crippen LogP contribution in [0.2, 0.25) is 5.02 Å². The molecule has 0 spiro atoms. The number of rotatable bonds is 6. The third-order valence-electron chi connectivity index (χ3n) is 10.9. The number of phenolic OH excluding ortho intramolecular Hbond substituents is 1. The Labute approximate surface area is 324 Å². The van der Waals surface area contributed by atoms with Crippen molar-refractivity contribution in [1.82, 2.24) is 0 Å². The van der Waals surface area contributed by atoms with Crippen molar-refractivity contribution in [3.63, 3.8) is 0 Å². The van der Waals surface area contributed by atoms with Crippen LogP contribution in [0, 0.1) is 23.6 Å². The molecule has 4 aromatic carbocycles. The Morgan fingerprint density at radius 1 is 0.778 bits per heavy atom. The molecule has 4 aromatic rings. The summed E-state index contributed by atoms with van der Waals surface area (Å²) in [5, 5.41) is 18.9. The van der Waals surface area contributed by atoms with Gasteiger partial charge in [-0.15, -0.1) is 23.2 Å². The van der Waals surface area contributed by atoms with Crippen LogP contribution in [0.3, 0.4) is 0 Å². The fourth-order valence-corrected chi connectivity index (χ4v) is 9.56. The van der Waals surface area contributed by atoms with E-state index >= 15 is 0 Å². The molecule has 2 aliphatic heterocycles. The predicted molar refractivity (Wildman–Crippen MR) is 204 cm³/mol. The van der Waals surface area contributed by atoms with Gasteiger partial charge in [0.25, 0.3) is 11.8 Å². The quantitative estimate of drug-likeness (QED) is 0.0907. The Kier molecular flexibility index (Phi) is 8.67. The van der Waals surface area contributed by atoms with E-state index in [0.29, 0.717) is 28.2 Å². The lowest BCUT2D eigenvalue weighted by atomic mass is 9.56. The van der Waals surface area contributed by atoms with Gasteiger partial charge in [0.2, 0.25) is 11.8 Å². The maximum Gasteiger partial charge on any atom is 0.258 e. The van der Waals surface area contributed by atoms with E-state index in [-0.39, 0.29) is 29.3 Å². The molecular formula is C40H31Cl3FN5O5. The molecule has 2 heterocycles. The van der Waals surface area contributed by atoms with Crippen molar-refractivity contribution in [2.45, 2.75) is 28.5 Å². The summed E-state index contributed by atoms with van der Waals surface area (Å²) < 4.78 is 13.9. The number of phenols is 1. The van der Waals surface area contributed by atoms with E-state index in [9.17, 15) is 28.7 Å². The standard InChI is InChI=1S/C40H31Cl3FN5O5/c1-47(2)24-11-5-22(6-12-24)45-46-23-7-13-25(14-8-23)48-35(51)30-18-17-28-31(33(30)36(48)52)20-39(42)37(53)49(26-9-3-21(44)4-10-26)38(54)40(39,43)34(28)29-16-15-27(50)19-32(29)41/h3-17,19,30-31,33-34,50H,18,20H2,1-2H3. The van der Waals surface area contributed by atoms with Crippen LogP contribution in [0.1, 0.15) is 24.3 Å². The van der Waals surface area contributed by atoms with Crippen LogP contribution < -0.4 is 14.7 Å². The number of fused-ring (bicyclic) bond motifs is 4. The molecule has 1 N–H and O–H groups in total. The molecule has 0 aromatic heterocycles. The average molecular weight is 787 g/mol. The Balaban J connectivity index is 1.15. The minimum atomic E-state index is -2.15. The number of azo groups is 1. The molecule has 8 rings (SSSR count). The summed E-state index contributed by atoms with van der Waals surface area (Å²) >= 11 is 21.5. The summed E-state index contributed by atoms with van der Waals surface area (Å²) in [4.78, 5) is 57.1. The lowest BCUT2D eigenvalue weighted by Crippen LogP contribution is -2.60. The van der Waals surface area contributed by atoms with Crippen molar-refractivity contribution in [2.24, 2.45) is 28.0 Å². The van der Waals surface area contributed by atoms with Gasteiger partial charge in [0.15, 0.2) is 9.75 Å². The fourth-order valence-electron chi connectivity index (χ4n) is 8.35. The molecule has 6 atom stereocenters. The van der Waals surface area contributed by atoms with E-state index < -0.39 is 62.9 Å². The number of imide groups is 2. The molecule has 1 saturated carbocycles. The number of carbonyl (C=O) groups is 4. The highest BCUT2D eigenvalue weighted by Gasteiger charge is 2.76. The topological polar surface area (TPSA) is 123 Å². The molecule has 2 saturated heterocycles. The number of alkyl halides is 2. The smallest absolute Gasteiger partial charge is 0.258 e. The number of carbonyl (C=O) groups excluding carboxylic acids is 4. The van der Waals surface area contributed by atoms with Gasteiger partial charge in [0, 0.05) is 30.7 Å². The Morgan fingerprint density at radius 2 is 1.37 bits per heavy atom. The summed E-state index contributed by atoms with van der Waals surface area (Å²) in [5.74, 6) is -6.98. The first-order chi connectivity index (χ1) is 25.7. The molecule has 0 radical (unpaired) electrons. The number of amides is 4. The first-order valence-corrected chi connectivity index (χ1v) is 18.3. The van der Waals surface area contributed by atoms with E-state index in [0.717, 1.165) is 27.6 Å². The van der Waals surface area contributed by atoms with E-state index in [4.69, 9.17) is 34.8 Å². The number of anilines is 3. The molecule has 10 nitrogen and oxygen atoms in total. The van der Waals surface area contributed by atoms with E-state index in [1.165, 1.54) is 30.3 Å². The van der Waals surface area contributed by atoms with E-state index in [1.54, 1.807) is 30.3 Å². The highest BCUT2D eigenvalue weighted by molar-refractivity contribution is 6.58. The molecule has 4 amide bonds. The number of benzene rings is 4. The Hall–Kier alpha value is -5.10. The van der Waals surface area contributed by atoms with Crippen LogP contribution in [0.4, 0.5) is 32.8 Å². The zero-order valence-corrected chi connectivity index (χ0v) is 31.1. The monoisotopic (exact) mass is 785 g/mol. The van der Waals surface area contributed by atoms with Crippen LogP contribution in [0.15, 0.2) is 113 Å². The van der Waals surface area contributed by atoms with Crippen molar-refractivity contribution in [2.75, 3.05) is 28.8 Å². The number of aromatic hydroxyl groups is 1. The van der Waals surface area contributed by atoms with Gasteiger partial charge in [-0.25, -0.2) is 9.29 Å². The molecule has 3 fully saturated rings. The van der Waals surface area contributed by atoms with Gasteiger partial charge in [-0.3, -0.25) is 24.1 Å². The summed E-state index contributed by atoms with van der Waals surface area (Å²) in [6.45, 7) is 0. The first-order valence-electron chi connectivity index (χ1n) is 17.1. The Bertz CT molecular complexity index is 2300. The van der Waals surface area contributed by atoms with Gasteiger partial charge < -0.3 is 10.0 Å². The maximum absolute atomic E-state index is 14.5. The minimum absolute atomic E-state index is 0.0569. The number of allylic oxidation sites excluding steroid dienone is 2. The number of halogens is 4.